The molecule has 0 spiro atoms. The van der Waals surface area contributed by atoms with Crippen molar-refractivity contribution in [3.05, 3.63) is 66.4 Å². The van der Waals surface area contributed by atoms with Crippen LogP contribution in [0.4, 0.5) is 0 Å². The lowest BCUT2D eigenvalue weighted by Crippen LogP contribution is -1.96. The molecule has 0 atom stereocenters. The Labute approximate surface area is 193 Å². The number of rotatable bonds is 8. The maximum absolute atomic E-state index is 11.1. The van der Waals surface area contributed by atoms with Gasteiger partial charge in [-0.1, -0.05) is 32.0 Å². The first-order valence-electron chi connectivity index (χ1n) is 10.5. The number of benzene rings is 3. The summed E-state index contributed by atoms with van der Waals surface area (Å²) >= 11 is 0. The van der Waals surface area contributed by atoms with E-state index in [2.05, 4.69) is 19.6 Å². The number of aromatic hydroxyl groups is 3. The summed E-state index contributed by atoms with van der Waals surface area (Å²) in [6.07, 6.45) is 3.67. The molecule has 0 aliphatic carbocycles. The number of phenolic OH excluding ortho intramolecular Hbond substituents is 3. The number of hydrogen-bond donors (Lipinski definition) is 3. The molecule has 3 aromatic rings. The average Bonchev–Trinajstić information content (AvgIpc) is 2.79. The van der Waals surface area contributed by atoms with E-state index in [0.717, 1.165) is 5.56 Å². The van der Waals surface area contributed by atoms with Gasteiger partial charge in [0.15, 0.2) is 23.0 Å². The van der Waals surface area contributed by atoms with E-state index < -0.39 is 0 Å². The molecule has 0 heterocycles. The molecule has 0 aliphatic rings. The molecule has 33 heavy (non-hydrogen) atoms. The van der Waals surface area contributed by atoms with Gasteiger partial charge in [-0.2, -0.15) is 0 Å². The van der Waals surface area contributed by atoms with Crippen LogP contribution < -0.4 is 14.2 Å². The van der Waals surface area contributed by atoms with Crippen LogP contribution in [-0.2, 0) is 0 Å². The minimum atomic E-state index is -0.130. The summed E-state index contributed by atoms with van der Waals surface area (Å²) in [6, 6.07) is 13.1. The van der Waals surface area contributed by atoms with E-state index in [9.17, 15) is 15.3 Å². The van der Waals surface area contributed by atoms with Gasteiger partial charge in [0, 0.05) is 5.56 Å². The van der Waals surface area contributed by atoms with Crippen LogP contribution in [-0.4, -0.2) is 36.1 Å². The normalized spacial score (nSPS) is 10.5. The molecule has 3 rings (SSSR count). The molecule has 0 aliphatic heterocycles. The molecule has 3 N–H and O–H groups in total. The Morgan fingerprint density at radius 2 is 1.58 bits per heavy atom. The van der Waals surface area contributed by atoms with Crippen molar-refractivity contribution in [2.45, 2.75) is 13.8 Å². The molecule has 0 saturated heterocycles. The summed E-state index contributed by atoms with van der Waals surface area (Å²) in [6.45, 7) is 4.38. The first-order chi connectivity index (χ1) is 15.8. The van der Waals surface area contributed by atoms with E-state index in [0.29, 0.717) is 34.1 Å². The van der Waals surface area contributed by atoms with Crippen molar-refractivity contribution < 1.29 is 29.5 Å². The quantitative estimate of drug-likeness (QED) is 0.372. The lowest BCUT2D eigenvalue weighted by atomic mass is 9.96. The van der Waals surface area contributed by atoms with Gasteiger partial charge in [-0.15, -0.1) is 5.73 Å². The number of methoxy groups -OCH3 is 2. The fraction of sp³-hybridized carbons (Fsp3) is 0.222. The second kappa shape index (κ2) is 10.5. The highest BCUT2D eigenvalue weighted by Crippen LogP contribution is 2.50. The molecule has 0 saturated carbocycles. The third-order valence-electron chi connectivity index (χ3n) is 4.94. The average molecular weight is 449 g/mol. The first-order valence-corrected chi connectivity index (χ1v) is 10.5. The third kappa shape index (κ3) is 5.43. The summed E-state index contributed by atoms with van der Waals surface area (Å²) in [5.41, 5.74) is 5.27. The Hall–Kier alpha value is -4.02. The summed E-state index contributed by atoms with van der Waals surface area (Å²) in [4.78, 5) is 0. The zero-order valence-corrected chi connectivity index (χ0v) is 19.1. The molecular formula is C27H28O6. The van der Waals surface area contributed by atoms with Crippen LogP contribution in [0.15, 0.2) is 66.4 Å². The van der Waals surface area contributed by atoms with Crippen molar-refractivity contribution in [2.24, 2.45) is 5.92 Å². The standard InChI is InChI=1S/C27H28O6/c1-17(2)7-5-6-14-33-23-13-10-19(15-22(23)29)25-24(31-3)16-21(27(32-4)26(25)30)18-8-11-20(28)12-9-18/h6-13,15-17,28-30H,14H2,1-4H3. The van der Waals surface area contributed by atoms with Crippen LogP contribution in [0.1, 0.15) is 13.8 Å². The van der Waals surface area contributed by atoms with Crippen LogP contribution in [0.5, 0.6) is 34.5 Å². The third-order valence-corrected chi connectivity index (χ3v) is 4.94. The number of phenols is 3. The summed E-state index contributed by atoms with van der Waals surface area (Å²) < 4.78 is 16.7. The van der Waals surface area contributed by atoms with E-state index in [-0.39, 0.29) is 29.6 Å². The van der Waals surface area contributed by atoms with Crippen molar-refractivity contribution in [3.63, 3.8) is 0 Å². The fourth-order valence-corrected chi connectivity index (χ4v) is 3.36. The molecule has 3 aromatic carbocycles. The summed E-state index contributed by atoms with van der Waals surface area (Å²) in [5.74, 6) is 1.28. The van der Waals surface area contributed by atoms with E-state index in [4.69, 9.17) is 14.2 Å². The Morgan fingerprint density at radius 3 is 2.18 bits per heavy atom. The second-order valence-electron chi connectivity index (χ2n) is 7.71. The smallest absolute Gasteiger partial charge is 0.170 e. The molecule has 0 bridgehead atoms. The van der Waals surface area contributed by atoms with Gasteiger partial charge in [0.1, 0.15) is 18.1 Å². The van der Waals surface area contributed by atoms with Gasteiger partial charge in [0.25, 0.3) is 0 Å². The van der Waals surface area contributed by atoms with Crippen molar-refractivity contribution in [3.8, 4) is 56.8 Å². The molecule has 0 unspecified atom stereocenters. The van der Waals surface area contributed by atoms with Gasteiger partial charge in [-0.25, -0.2) is 0 Å². The highest BCUT2D eigenvalue weighted by Gasteiger charge is 2.22. The molecule has 0 fully saturated rings. The minimum absolute atomic E-state index is 0.0724. The van der Waals surface area contributed by atoms with Crippen molar-refractivity contribution in [1.82, 2.24) is 0 Å². The highest BCUT2D eigenvalue weighted by atomic mass is 16.5. The van der Waals surface area contributed by atoms with E-state index in [1.807, 2.05) is 6.08 Å². The van der Waals surface area contributed by atoms with Crippen LogP contribution in [0.3, 0.4) is 0 Å². The Kier molecular flexibility index (Phi) is 7.54. The SMILES string of the molecule is COc1cc(-c2ccc(O)cc2)c(OC)c(O)c1-c1ccc(OCC=C=CC(C)C)c(O)c1. The maximum Gasteiger partial charge on any atom is 0.170 e. The van der Waals surface area contributed by atoms with E-state index in [1.165, 1.54) is 20.3 Å². The lowest BCUT2D eigenvalue weighted by Gasteiger charge is -2.18. The number of ether oxygens (including phenoxy) is 3. The molecule has 172 valence electrons. The molecule has 6 heteroatoms. The first kappa shape index (κ1) is 23.6. The van der Waals surface area contributed by atoms with Gasteiger partial charge >= 0.3 is 0 Å². The van der Waals surface area contributed by atoms with Gasteiger partial charge in [0.05, 0.1) is 19.8 Å². The van der Waals surface area contributed by atoms with Gasteiger partial charge < -0.3 is 29.5 Å². The van der Waals surface area contributed by atoms with E-state index in [1.54, 1.807) is 48.5 Å². The summed E-state index contributed by atoms with van der Waals surface area (Å²) in [5, 5.41) is 31.1. The maximum atomic E-state index is 11.1. The number of hydrogen-bond acceptors (Lipinski definition) is 6. The predicted molar refractivity (Wildman–Crippen MR) is 128 cm³/mol. The van der Waals surface area contributed by atoms with Crippen molar-refractivity contribution in [2.75, 3.05) is 20.8 Å². The molecule has 0 amide bonds. The zero-order valence-electron chi connectivity index (χ0n) is 19.1. The summed E-state index contributed by atoms with van der Waals surface area (Å²) in [7, 11) is 2.96. The predicted octanol–water partition coefficient (Wildman–Crippen LogP) is 5.90. The van der Waals surface area contributed by atoms with Crippen LogP contribution >= 0.6 is 0 Å². The van der Waals surface area contributed by atoms with Gasteiger partial charge in [0.2, 0.25) is 0 Å². The topological polar surface area (TPSA) is 88.4 Å². The molecule has 6 nitrogen and oxygen atoms in total. The molecular weight excluding hydrogens is 420 g/mol. The highest BCUT2D eigenvalue weighted by molar-refractivity contribution is 5.88. The van der Waals surface area contributed by atoms with Crippen molar-refractivity contribution in [1.29, 1.82) is 0 Å². The van der Waals surface area contributed by atoms with Crippen molar-refractivity contribution >= 4 is 0 Å². The Bertz CT molecular complexity index is 1170. The monoisotopic (exact) mass is 448 g/mol. The lowest BCUT2D eigenvalue weighted by molar-refractivity contribution is 0.336. The van der Waals surface area contributed by atoms with Crippen LogP contribution in [0.25, 0.3) is 22.3 Å². The molecule has 0 aromatic heterocycles. The van der Waals surface area contributed by atoms with Crippen LogP contribution in [0, 0.1) is 5.92 Å². The molecule has 0 radical (unpaired) electrons. The van der Waals surface area contributed by atoms with E-state index >= 15 is 0 Å². The Morgan fingerprint density at radius 1 is 0.879 bits per heavy atom. The van der Waals surface area contributed by atoms with Crippen LogP contribution in [0.2, 0.25) is 0 Å². The zero-order chi connectivity index (χ0) is 24.0. The minimum Gasteiger partial charge on any atom is -0.508 e. The van der Waals surface area contributed by atoms with Gasteiger partial charge in [-0.05, 0) is 59.5 Å². The van der Waals surface area contributed by atoms with Gasteiger partial charge in [-0.3, -0.25) is 0 Å². The largest absolute Gasteiger partial charge is 0.508 e. The fourth-order valence-electron chi connectivity index (χ4n) is 3.36. The second-order valence-corrected chi connectivity index (χ2v) is 7.71. The Balaban J connectivity index is 1.99.